The number of hydrogen-bond acceptors (Lipinski definition) is 5. The van der Waals surface area contributed by atoms with Gasteiger partial charge in [0.05, 0.1) is 10.5 Å². The number of carbonyl (C=O) groups is 2. The van der Waals surface area contributed by atoms with Crippen LogP contribution >= 0.6 is 0 Å². The molecule has 0 aliphatic rings. The van der Waals surface area contributed by atoms with Crippen molar-refractivity contribution in [2.45, 2.75) is 12.8 Å². The zero-order valence-electron chi connectivity index (χ0n) is 16.4. The zero-order valence-corrected chi connectivity index (χ0v) is 16.4. The summed E-state index contributed by atoms with van der Waals surface area (Å²) in [6.07, 6.45) is 1.37. The van der Waals surface area contributed by atoms with E-state index in [0.717, 1.165) is 29.7 Å². The van der Waals surface area contributed by atoms with Crippen molar-refractivity contribution in [3.63, 3.8) is 0 Å². The molecule has 7 nitrogen and oxygen atoms in total. The standard InChI is InChI=1S/C23H19FN2O5/c24-20-13-12-18(14-21(20)26(29)30)25-22(27)15-31-23(28)19-9-5-4-8-17(19)11-10-16-6-2-1-3-7-16/h1-9,12-14H,10-11,15H2,(H,25,27). The van der Waals surface area contributed by atoms with E-state index in [-0.39, 0.29) is 5.69 Å². The molecule has 3 rings (SSSR count). The van der Waals surface area contributed by atoms with Crippen molar-refractivity contribution >= 4 is 23.3 Å². The maximum absolute atomic E-state index is 13.4. The number of esters is 1. The summed E-state index contributed by atoms with van der Waals surface area (Å²) in [5.74, 6) is -2.36. The van der Waals surface area contributed by atoms with Gasteiger partial charge in [-0.25, -0.2) is 4.79 Å². The van der Waals surface area contributed by atoms with E-state index in [2.05, 4.69) is 5.32 Å². The predicted octanol–water partition coefficient (Wildman–Crippen LogP) is 4.31. The average molecular weight is 422 g/mol. The molecule has 158 valence electrons. The molecule has 0 spiro atoms. The number of nitro groups is 1. The molecule has 3 aromatic carbocycles. The van der Waals surface area contributed by atoms with Crippen LogP contribution in [-0.2, 0) is 22.4 Å². The molecule has 0 saturated carbocycles. The number of nitrogens with one attached hydrogen (secondary N) is 1. The number of carbonyl (C=O) groups excluding carboxylic acids is 2. The van der Waals surface area contributed by atoms with E-state index in [1.807, 2.05) is 42.5 Å². The van der Waals surface area contributed by atoms with Crippen molar-refractivity contribution in [1.29, 1.82) is 0 Å². The van der Waals surface area contributed by atoms with Crippen molar-refractivity contribution in [3.05, 3.63) is 105 Å². The fourth-order valence-corrected chi connectivity index (χ4v) is 3.00. The fraction of sp³-hybridized carbons (Fsp3) is 0.130. The van der Waals surface area contributed by atoms with Crippen LogP contribution in [0.25, 0.3) is 0 Å². The first-order chi connectivity index (χ1) is 14.9. The Labute approximate surface area is 177 Å². The van der Waals surface area contributed by atoms with Gasteiger partial charge in [0, 0.05) is 11.8 Å². The number of benzene rings is 3. The maximum atomic E-state index is 13.4. The third-order valence-corrected chi connectivity index (χ3v) is 4.52. The summed E-state index contributed by atoms with van der Waals surface area (Å²) < 4.78 is 18.5. The van der Waals surface area contributed by atoms with E-state index >= 15 is 0 Å². The second-order valence-electron chi connectivity index (χ2n) is 6.69. The van der Waals surface area contributed by atoms with Crippen molar-refractivity contribution in [2.75, 3.05) is 11.9 Å². The van der Waals surface area contributed by atoms with Crippen LogP contribution in [0, 0.1) is 15.9 Å². The lowest BCUT2D eigenvalue weighted by molar-refractivity contribution is -0.387. The van der Waals surface area contributed by atoms with Gasteiger partial charge >= 0.3 is 11.7 Å². The molecule has 31 heavy (non-hydrogen) atoms. The molecule has 0 aliphatic heterocycles. The van der Waals surface area contributed by atoms with E-state index in [9.17, 15) is 24.1 Å². The van der Waals surface area contributed by atoms with Crippen molar-refractivity contribution in [2.24, 2.45) is 0 Å². The molecule has 0 aliphatic carbocycles. The van der Waals surface area contributed by atoms with E-state index in [4.69, 9.17) is 4.74 Å². The molecule has 8 heteroatoms. The van der Waals surface area contributed by atoms with E-state index < -0.39 is 34.9 Å². The Kier molecular flexibility index (Phi) is 7.05. The first kappa shape index (κ1) is 21.6. The molecule has 1 N–H and O–H groups in total. The molecule has 0 aromatic heterocycles. The first-order valence-corrected chi connectivity index (χ1v) is 9.47. The zero-order chi connectivity index (χ0) is 22.2. The van der Waals surface area contributed by atoms with Gasteiger partial charge in [0.25, 0.3) is 5.91 Å². The second-order valence-corrected chi connectivity index (χ2v) is 6.69. The summed E-state index contributed by atoms with van der Waals surface area (Å²) in [5, 5.41) is 13.1. The fourth-order valence-electron chi connectivity index (χ4n) is 3.00. The SMILES string of the molecule is O=C(COC(=O)c1ccccc1CCc1ccccc1)Nc1ccc(F)c([N+](=O)[O-])c1. The molecule has 0 fully saturated rings. The van der Waals surface area contributed by atoms with E-state index in [0.29, 0.717) is 12.0 Å². The second kappa shape index (κ2) is 10.1. The Balaban J connectivity index is 1.59. The molecule has 3 aromatic rings. The quantitative estimate of drug-likeness (QED) is 0.331. The highest BCUT2D eigenvalue weighted by Crippen LogP contribution is 2.21. The van der Waals surface area contributed by atoms with Crippen LogP contribution in [0.2, 0.25) is 0 Å². The van der Waals surface area contributed by atoms with Crippen molar-refractivity contribution < 1.29 is 23.6 Å². The Bertz CT molecular complexity index is 1100. The van der Waals surface area contributed by atoms with Crippen LogP contribution < -0.4 is 5.32 Å². The molecule has 0 saturated heterocycles. The number of aryl methyl sites for hydroxylation is 2. The molecule has 0 radical (unpaired) electrons. The number of nitrogens with zero attached hydrogens (tertiary/aromatic N) is 1. The molecule has 0 bridgehead atoms. The van der Waals surface area contributed by atoms with Gasteiger partial charge in [-0.2, -0.15) is 4.39 Å². The highest BCUT2D eigenvalue weighted by atomic mass is 19.1. The lowest BCUT2D eigenvalue weighted by atomic mass is 10.00. The van der Waals surface area contributed by atoms with Crippen LogP contribution in [0.4, 0.5) is 15.8 Å². The van der Waals surface area contributed by atoms with Crippen LogP contribution in [0.5, 0.6) is 0 Å². The lowest BCUT2D eigenvalue weighted by Gasteiger charge is -2.10. The largest absolute Gasteiger partial charge is 0.452 e. The minimum atomic E-state index is -1.01. The number of anilines is 1. The molecular weight excluding hydrogens is 403 g/mol. The van der Waals surface area contributed by atoms with Gasteiger partial charge in [-0.1, -0.05) is 48.5 Å². The van der Waals surface area contributed by atoms with Crippen LogP contribution in [0.3, 0.4) is 0 Å². The first-order valence-electron chi connectivity index (χ1n) is 9.47. The van der Waals surface area contributed by atoms with Crippen molar-refractivity contribution in [1.82, 2.24) is 0 Å². The summed E-state index contributed by atoms with van der Waals surface area (Å²) in [6.45, 7) is -0.586. The normalized spacial score (nSPS) is 10.4. The summed E-state index contributed by atoms with van der Waals surface area (Å²) >= 11 is 0. The Hall–Kier alpha value is -4.07. The Morgan fingerprint density at radius 2 is 1.68 bits per heavy atom. The maximum Gasteiger partial charge on any atom is 0.338 e. The Morgan fingerprint density at radius 3 is 2.42 bits per heavy atom. The van der Waals surface area contributed by atoms with Gasteiger partial charge in [-0.05, 0) is 42.2 Å². The summed E-state index contributed by atoms with van der Waals surface area (Å²) in [4.78, 5) is 34.4. The third kappa shape index (κ3) is 5.96. The van der Waals surface area contributed by atoms with Crippen molar-refractivity contribution in [3.8, 4) is 0 Å². The number of halogens is 1. The van der Waals surface area contributed by atoms with Gasteiger partial charge in [-0.15, -0.1) is 0 Å². The molecular formula is C23H19FN2O5. The number of hydrogen-bond donors (Lipinski definition) is 1. The monoisotopic (exact) mass is 422 g/mol. The molecule has 0 unspecified atom stereocenters. The van der Waals surface area contributed by atoms with Gasteiger partial charge in [0.1, 0.15) is 0 Å². The number of nitro benzene ring substituents is 1. The topological polar surface area (TPSA) is 98.5 Å². The van der Waals surface area contributed by atoms with Crippen LogP contribution in [0.1, 0.15) is 21.5 Å². The number of ether oxygens (including phenoxy) is 1. The smallest absolute Gasteiger partial charge is 0.338 e. The van der Waals surface area contributed by atoms with Gasteiger partial charge in [0.2, 0.25) is 5.82 Å². The van der Waals surface area contributed by atoms with E-state index in [1.54, 1.807) is 12.1 Å². The highest BCUT2D eigenvalue weighted by Gasteiger charge is 2.17. The third-order valence-electron chi connectivity index (χ3n) is 4.52. The summed E-state index contributed by atoms with van der Waals surface area (Å²) in [6, 6.07) is 19.8. The molecule has 1 amide bonds. The number of amides is 1. The number of rotatable bonds is 8. The van der Waals surface area contributed by atoms with Gasteiger partial charge < -0.3 is 10.1 Å². The lowest BCUT2D eigenvalue weighted by Crippen LogP contribution is -2.21. The minimum Gasteiger partial charge on any atom is -0.452 e. The summed E-state index contributed by atoms with van der Waals surface area (Å²) in [5.41, 5.74) is 1.56. The highest BCUT2D eigenvalue weighted by molar-refractivity contribution is 5.96. The van der Waals surface area contributed by atoms with Gasteiger partial charge in [-0.3, -0.25) is 14.9 Å². The molecule has 0 atom stereocenters. The van der Waals surface area contributed by atoms with E-state index in [1.165, 1.54) is 6.07 Å². The van der Waals surface area contributed by atoms with Crippen LogP contribution in [-0.4, -0.2) is 23.4 Å². The Morgan fingerprint density at radius 1 is 0.968 bits per heavy atom. The predicted molar refractivity (Wildman–Crippen MR) is 112 cm³/mol. The minimum absolute atomic E-state index is 0.0254. The summed E-state index contributed by atoms with van der Waals surface area (Å²) in [7, 11) is 0. The average Bonchev–Trinajstić information content (AvgIpc) is 2.78. The van der Waals surface area contributed by atoms with Crippen LogP contribution in [0.15, 0.2) is 72.8 Å². The van der Waals surface area contributed by atoms with Gasteiger partial charge in [0.15, 0.2) is 6.61 Å². The molecule has 0 heterocycles.